The van der Waals surface area contributed by atoms with Crippen LogP contribution in [0.1, 0.15) is 49.7 Å². The fourth-order valence-corrected chi connectivity index (χ4v) is 3.67. The Morgan fingerprint density at radius 2 is 2.04 bits per heavy atom. The minimum atomic E-state index is 0.236. The average molecular weight is 334 g/mol. The second-order valence-electron chi connectivity index (χ2n) is 6.75. The molecule has 124 valence electrons. The van der Waals surface area contributed by atoms with Crippen LogP contribution in [0.4, 0.5) is 5.82 Å². The van der Waals surface area contributed by atoms with Crippen LogP contribution < -0.4 is 4.90 Å². The van der Waals surface area contributed by atoms with Crippen LogP contribution in [0.3, 0.4) is 0 Å². The summed E-state index contributed by atoms with van der Waals surface area (Å²) in [7, 11) is 0. The first-order chi connectivity index (χ1) is 11.0. The van der Waals surface area contributed by atoms with Gasteiger partial charge in [-0.05, 0) is 44.7 Å². The largest absolute Gasteiger partial charge is 0.348 e. The molecule has 1 aliphatic rings. The van der Waals surface area contributed by atoms with E-state index in [1.807, 2.05) is 23.7 Å². The van der Waals surface area contributed by atoms with E-state index in [-0.39, 0.29) is 6.04 Å². The summed E-state index contributed by atoms with van der Waals surface area (Å²) in [5.41, 5.74) is 3.10. The molecule has 1 unspecified atom stereocenters. The zero-order valence-electron chi connectivity index (χ0n) is 14.3. The SMILES string of the molecule is Cc1ccc(N2CCCC2c2c(C)nn(CC(C)C)c2Cl)nn1. The highest BCUT2D eigenvalue weighted by Crippen LogP contribution is 2.39. The molecule has 1 atom stereocenters. The van der Waals surface area contributed by atoms with Crippen molar-refractivity contribution in [1.82, 2.24) is 20.0 Å². The van der Waals surface area contributed by atoms with E-state index in [0.29, 0.717) is 5.92 Å². The number of aromatic nitrogens is 4. The fraction of sp³-hybridized carbons (Fsp3) is 0.588. The summed E-state index contributed by atoms with van der Waals surface area (Å²) in [6.45, 7) is 10.2. The maximum Gasteiger partial charge on any atom is 0.151 e. The van der Waals surface area contributed by atoms with Crippen molar-refractivity contribution in [3.05, 3.63) is 34.2 Å². The van der Waals surface area contributed by atoms with E-state index >= 15 is 0 Å². The average Bonchev–Trinajstić information content (AvgIpc) is 3.05. The normalized spacial score (nSPS) is 18.2. The van der Waals surface area contributed by atoms with Gasteiger partial charge in [0.1, 0.15) is 5.15 Å². The van der Waals surface area contributed by atoms with Crippen LogP contribution >= 0.6 is 11.6 Å². The van der Waals surface area contributed by atoms with Gasteiger partial charge in [-0.25, -0.2) is 0 Å². The van der Waals surface area contributed by atoms with Gasteiger partial charge in [0.2, 0.25) is 0 Å². The van der Waals surface area contributed by atoms with Crippen molar-refractivity contribution >= 4 is 17.4 Å². The van der Waals surface area contributed by atoms with E-state index in [4.69, 9.17) is 11.6 Å². The van der Waals surface area contributed by atoms with Gasteiger partial charge in [0.05, 0.1) is 17.4 Å². The lowest BCUT2D eigenvalue weighted by atomic mass is 10.1. The lowest BCUT2D eigenvalue weighted by molar-refractivity contribution is 0.481. The minimum Gasteiger partial charge on any atom is -0.348 e. The molecule has 0 radical (unpaired) electrons. The van der Waals surface area contributed by atoms with Crippen molar-refractivity contribution in [2.24, 2.45) is 5.92 Å². The summed E-state index contributed by atoms with van der Waals surface area (Å²) in [6.07, 6.45) is 2.20. The zero-order valence-corrected chi connectivity index (χ0v) is 15.0. The molecule has 1 saturated heterocycles. The Bertz CT molecular complexity index is 677. The molecule has 0 saturated carbocycles. The predicted octanol–water partition coefficient (Wildman–Crippen LogP) is 3.94. The minimum absolute atomic E-state index is 0.236. The first-order valence-corrected chi connectivity index (χ1v) is 8.65. The zero-order chi connectivity index (χ0) is 16.6. The Labute approximate surface area is 142 Å². The summed E-state index contributed by atoms with van der Waals surface area (Å²) in [5.74, 6) is 1.44. The lowest BCUT2D eigenvalue weighted by Gasteiger charge is -2.25. The predicted molar refractivity (Wildman–Crippen MR) is 92.9 cm³/mol. The number of hydrogen-bond donors (Lipinski definition) is 0. The van der Waals surface area contributed by atoms with Crippen LogP contribution in [0.25, 0.3) is 0 Å². The van der Waals surface area contributed by atoms with Crippen molar-refractivity contribution in [2.75, 3.05) is 11.4 Å². The van der Waals surface area contributed by atoms with E-state index in [2.05, 4.69) is 41.0 Å². The number of anilines is 1. The molecule has 2 aromatic rings. The number of rotatable bonds is 4. The maximum atomic E-state index is 6.67. The highest BCUT2D eigenvalue weighted by Gasteiger charge is 2.32. The molecule has 0 bridgehead atoms. The second kappa shape index (κ2) is 6.48. The summed E-state index contributed by atoms with van der Waals surface area (Å²) in [4.78, 5) is 2.31. The maximum absolute atomic E-state index is 6.67. The fourth-order valence-electron chi connectivity index (χ4n) is 3.30. The van der Waals surface area contributed by atoms with Crippen molar-refractivity contribution in [3.63, 3.8) is 0 Å². The Morgan fingerprint density at radius 3 is 2.70 bits per heavy atom. The molecular weight excluding hydrogens is 310 g/mol. The quantitative estimate of drug-likeness (QED) is 0.850. The summed E-state index contributed by atoms with van der Waals surface area (Å²) < 4.78 is 1.94. The van der Waals surface area contributed by atoms with Crippen molar-refractivity contribution in [3.8, 4) is 0 Å². The molecule has 5 nitrogen and oxygen atoms in total. The Hall–Kier alpha value is -1.62. The number of halogens is 1. The van der Waals surface area contributed by atoms with Crippen molar-refractivity contribution < 1.29 is 0 Å². The summed E-state index contributed by atoms with van der Waals surface area (Å²) >= 11 is 6.67. The number of aryl methyl sites for hydroxylation is 2. The highest BCUT2D eigenvalue weighted by molar-refractivity contribution is 6.30. The molecule has 3 heterocycles. The van der Waals surface area contributed by atoms with Gasteiger partial charge in [-0.3, -0.25) is 4.68 Å². The molecule has 23 heavy (non-hydrogen) atoms. The standard InChI is InChI=1S/C17H24ClN5/c1-11(2)10-23-17(18)16(13(4)21-23)14-6-5-9-22(14)15-8-7-12(3)19-20-15/h7-8,11,14H,5-6,9-10H2,1-4H3. The number of hydrogen-bond acceptors (Lipinski definition) is 4. The molecule has 2 aromatic heterocycles. The smallest absolute Gasteiger partial charge is 0.151 e. The molecule has 0 amide bonds. The molecule has 1 fully saturated rings. The van der Waals surface area contributed by atoms with E-state index < -0.39 is 0 Å². The second-order valence-corrected chi connectivity index (χ2v) is 7.11. The Morgan fingerprint density at radius 1 is 1.26 bits per heavy atom. The molecule has 6 heteroatoms. The molecule has 1 aliphatic heterocycles. The Kier molecular flexibility index (Phi) is 4.57. The molecule has 0 aromatic carbocycles. The monoisotopic (exact) mass is 333 g/mol. The molecular formula is C17H24ClN5. The Balaban J connectivity index is 1.94. The van der Waals surface area contributed by atoms with Crippen LogP contribution in [0, 0.1) is 19.8 Å². The van der Waals surface area contributed by atoms with E-state index in [0.717, 1.165) is 53.9 Å². The van der Waals surface area contributed by atoms with E-state index in [1.54, 1.807) is 0 Å². The lowest BCUT2D eigenvalue weighted by Crippen LogP contribution is -2.24. The van der Waals surface area contributed by atoms with Crippen LogP contribution in [0.5, 0.6) is 0 Å². The third kappa shape index (κ3) is 3.20. The molecule has 0 spiro atoms. The topological polar surface area (TPSA) is 46.8 Å². The van der Waals surface area contributed by atoms with Crippen molar-refractivity contribution in [2.45, 2.75) is 53.1 Å². The van der Waals surface area contributed by atoms with Gasteiger partial charge in [0.15, 0.2) is 5.82 Å². The van der Waals surface area contributed by atoms with Crippen LogP contribution in [-0.2, 0) is 6.54 Å². The van der Waals surface area contributed by atoms with E-state index in [1.165, 1.54) is 0 Å². The van der Waals surface area contributed by atoms with Gasteiger partial charge in [-0.2, -0.15) is 10.2 Å². The highest BCUT2D eigenvalue weighted by atomic mass is 35.5. The summed E-state index contributed by atoms with van der Waals surface area (Å²) in [6, 6.07) is 4.29. The van der Waals surface area contributed by atoms with Gasteiger partial charge in [-0.15, -0.1) is 5.10 Å². The van der Waals surface area contributed by atoms with Gasteiger partial charge >= 0.3 is 0 Å². The molecule has 3 rings (SSSR count). The van der Waals surface area contributed by atoms with Crippen molar-refractivity contribution in [1.29, 1.82) is 0 Å². The molecule has 0 N–H and O–H groups in total. The number of nitrogens with zero attached hydrogens (tertiary/aromatic N) is 5. The summed E-state index contributed by atoms with van der Waals surface area (Å²) in [5, 5.41) is 14.0. The first-order valence-electron chi connectivity index (χ1n) is 8.27. The third-order valence-corrected chi connectivity index (χ3v) is 4.71. The first kappa shape index (κ1) is 16.2. The van der Waals surface area contributed by atoms with Crippen LogP contribution in [-0.4, -0.2) is 26.5 Å². The van der Waals surface area contributed by atoms with Gasteiger partial charge in [-0.1, -0.05) is 25.4 Å². The van der Waals surface area contributed by atoms with Crippen LogP contribution in [0.2, 0.25) is 5.15 Å². The van der Waals surface area contributed by atoms with Crippen LogP contribution in [0.15, 0.2) is 12.1 Å². The van der Waals surface area contributed by atoms with Gasteiger partial charge in [0.25, 0.3) is 0 Å². The third-order valence-electron chi connectivity index (χ3n) is 4.31. The van der Waals surface area contributed by atoms with Gasteiger partial charge in [0, 0.05) is 18.7 Å². The molecule has 0 aliphatic carbocycles. The van der Waals surface area contributed by atoms with Gasteiger partial charge < -0.3 is 4.90 Å². The van der Waals surface area contributed by atoms with E-state index in [9.17, 15) is 0 Å².